The lowest BCUT2D eigenvalue weighted by Gasteiger charge is -2.21. The number of para-hydroxylation sites is 1. The second-order valence-corrected chi connectivity index (χ2v) is 6.42. The Kier molecular flexibility index (Phi) is 4.02. The molecule has 0 fully saturated rings. The number of amides is 1. The first-order valence-corrected chi connectivity index (χ1v) is 8.54. The second-order valence-electron chi connectivity index (χ2n) is 6.42. The highest BCUT2D eigenvalue weighted by Gasteiger charge is 2.22. The summed E-state index contributed by atoms with van der Waals surface area (Å²) in [5.41, 5.74) is 4.13. The van der Waals surface area contributed by atoms with Crippen molar-refractivity contribution >= 4 is 11.6 Å². The fourth-order valence-corrected chi connectivity index (χ4v) is 3.35. The Bertz CT molecular complexity index is 886. The van der Waals surface area contributed by atoms with Crippen LogP contribution in [0, 0.1) is 0 Å². The molecular formula is C21H21N3O. The number of likely N-dealkylation sites (N-methyl/N-ethyl adjacent to an activating group) is 1. The molecule has 4 rings (SSSR count). The van der Waals surface area contributed by atoms with Crippen molar-refractivity contribution < 1.29 is 4.79 Å². The first-order valence-electron chi connectivity index (χ1n) is 8.54. The van der Waals surface area contributed by atoms with Gasteiger partial charge in [0.15, 0.2) is 0 Å². The zero-order valence-corrected chi connectivity index (χ0v) is 14.3. The number of carbonyl (C=O) groups excluding carboxylic acids is 1. The van der Waals surface area contributed by atoms with Crippen molar-refractivity contribution in [2.75, 3.05) is 25.0 Å². The fraction of sp³-hybridized carbons (Fsp3) is 0.190. The molecule has 0 saturated heterocycles. The van der Waals surface area contributed by atoms with E-state index in [9.17, 15) is 4.79 Å². The van der Waals surface area contributed by atoms with Gasteiger partial charge in [0.05, 0.1) is 0 Å². The Labute approximate surface area is 147 Å². The molecule has 1 amide bonds. The van der Waals surface area contributed by atoms with Gasteiger partial charge in [-0.3, -0.25) is 4.79 Å². The molecule has 3 aromatic rings. The number of carbonyl (C=O) groups is 1. The number of hydrogen-bond donors (Lipinski definition) is 0. The third kappa shape index (κ3) is 3.03. The first kappa shape index (κ1) is 15.5. The van der Waals surface area contributed by atoms with Gasteiger partial charge in [-0.1, -0.05) is 24.3 Å². The van der Waals surface area contributed by atoms with Crippen molar-refractivity contribution in [2.24, 2.45) is 0 Å². The van der Waals surface area contributed by atoms with Gasteiger partial charge in [-0.2, -0.15) is 0 Å². The van der Waals surface area contributed by atoms with Crippen LogP contribution in [0.3, 0.4) is 0 Å². The topological polar surface area (TPSA) is 28.5 Å². The van der Waals surface area contributed by atoms with E-state index in [1.165, 1.54) is 11.3 Å². The maximum atomic E-state index is 13.1. The molecule has 1 aliphatic rings. The quantitative estimate of drug-likeness (QED) is 0.718. The van der Waals surface area contributed by atoms with Gasteiger partial charge >= 0.3 is 0 Å². The minimum absolute atomic E-state index is 0.0825. The van der Waals surface area contributed by atoms with Crippen molar-refractivity contribution in [1.29, 1.82) is 0 Å². The van der Waals surface area contributed by atoms with Crippen LogP contribution in [0.5, 0.6) is 0 Å². The van der Waals surface area contributed by atoms with Crippen molar-refractivity contribution in [1.82, 2.24) is 9.47 Å². The number of hydrogen-bond acceptors (Lipinski definition) is 2. The number of anilines is 1. The van der Waals surface area contributed by atoms with Crippen LogP contribution in [-0.2, 0) is 6.54 Å². The molecule has 0 N–H and O–H groups in total. The summed E-state index contributed by atoms with van der Waals surface area (Å²) >= 11 is 0. The molecule has 4 heteroatoms. The third-order valence-corrected chi connectivity index (χ3v) is 4.75. The molecule has 126 valence electrons. The van der Waals surface area contributed by atoms with Crippen LogP contribution >= 0.6 is 0 Å². The molecule has 0 aliphatic carbocycles. The summed E-state index contributed by atoms with van der Waals surface area (Å²) in [6.45, 7) is 2.20. The van der Waals surface area contributed by atoms with Crippen molar-refractivity contribution in [2.45, 2.75) is 6.54 Å². The minimum atomic E-state index is 0.0825. The van der Waals surface area contributed by atoms with E-state index in [1.54, 1.807) is 0 Å². The Balaban J connectivity index is 1.62. The van der Waals surface area contributed by atoms with Crippen molar-refractivity contribution in [3.05, 3.63) is 84.2 Å². The Morgan fingerprint density at radius 1 is 0.920 bits per heavy atom. The van der Waals surface area contributed by atoms with E-state index in [1.807, 2.05) is 70.4 Å². The highest BCUT2D eigenvalue weighted by Crippen LogP contribution is 2.24. The molecule has 2 aromatic carbocycles. The molecule has 0 radical (unpaired) electrons. The smallest absolute Gasteiger partial charge is 0.254 e. The van der Waals surface area contributed by atoms with Crippen LogP contribution in [-0.4, -0.2) is 35.5 Å². The normalized spacial score (nSPS) is 14.1. The number of aromatic nitrogens is 1. The average Bonchev–Trinajstić information content (AvgIpc) is 3.14. The SMILES string of the molecule is CN1CCN(C(=O)c2cccc(-n3cccc3)c2)Cc2ccccc21. The molecule has 1 aliphatic heterocycles. The summed E-state index contributed by atoms with van der Waals surface area (Å²) in [6.07, 6.45) is 3.97. The molecule has 0 bridgehead atoms. The fourth-order valence-electron chi connectivity index (χ4n) is 3.35. The summed E-state index contributed by atoms with van der Waals surface area (Å²) in [7, 11) is 2.08. The highest BCUT2D eigenvalue weighted by molar-refractivity contribution is 5.95. The lowest BCUT2D eigenvalue weighted by molar-refractivity contribution is 0.0751. The minimum Gasteiger partial charge on any atom is -0.373 e. The zero-order chi connectivity index (χ0) is 17.2. The van der Waals surface area contributed by atoms with Crippen molar-refractivity contribution in [3.63, 3.8) is 0 Å². The second kappa shape index (κ2) is 6.48. The average molecular weight is 331 g/mol. The Morgan fingerprint density at radius 2 is 1.72 bits per heavy atom. The molecule has 1 aromatic heterocycles. The maximum absolute atomic E-state index is 13.1. The van der Waals surface area contributed by atoms with Crippen LogP contribution in [0.4, 0.5) is 5.69 Å². The zero-order valence-electron chi connectivity index (χ0n) is 14.3. The van der Waals surface area contributed by atoms with Crippen LogP contribution in [0.25, 0.3) is 5.69 Å². The summed E-state index contributed by atoms with van der Waals surface area (Å²) in [4.78, 5) is 17.3. The Morgan fingerprint density at radius 3 is 2.56 bits per heavy atom. The van der Waals surface area contributed by atoms with E-state index in [2.05, 4.69) is 24.1 Å². The summed E-state index contributed by atoms with van der Waals surface area (Å²) < 4.78 is 2.02. The number of rotatable bonds is 2. The molecule has 2 heterocycles. The van der Waals surface area contributed by atoms with Gasteiger partial charge < -0.3 is 14.4 Å². The molecule has 25 heavy (non-hydrogen) atoms. The van der Waals surface area contributed by atoms with Crippen LogP contribution in [0.15, 0.2) is 73.1 Å². The van der Waals surface area contributed by atoms with E-state index < -0.39 is 0 Å². The van der Waals surface area contributed by atoms with Gasteiger partial charge in [0.25, 0.3) is 5.91 Å². The summed E-state index contributed by atoms with van der Waals surface area (Å²) in [5, 5.41) is 0. The largest absolute Gasteiger partial charge is 0.373 e. The van der Waals surface area contributed by atoms with Crippen molar-refractivity contribution in [3.8, 4) is 5.69 Å². The third-order valence-electron chi connectivity index (χ3n) is 4.75. The van der Waals surface area contributed by atoms with Gasteiger partial charge in [0, 0.05) is 56.0 Å². The van der Waals surface area contributed by atoms with Gasteiger partial charge in [-0.15, -0.1) is 0 Å². The lowest BCUT2D eigenvalue weighted by atomic mass is 10.1. The predicted octanol–water partition coefficient (Wildman–Crippen LogP) is 3.57. The number of fused-ring (bicyclic) bond motifs is 1. The molecule has 0 spiro atoms. The van der Waals surface area contributed by atoms with E-state index >= 15 is 0 Å². The van der Waals surface area contributed by atoms with Gasteiger partial charge in [-0.05, 0) is 42.0 Å². The van der Waals surface area contributed by atoms with E-state index in [-0.39, 0.29) is 5.91 Å². The molecule has 4 nitrogen and oxygen atoms in total. The van der Waals surface area contributed by atoms with E-state index in [0.29, 0.717) is 6.54 Å². The molecular weight excluding hydrogens is 310 g/mol. The monoisotopic (exact) mass is 331 g/mol. The first-order chi connectivity index (χ1) is 12.2. The maximum Gasteiger partial charge on any atom is 0.254 e. The summed E-state index contributed by atoms with van der Waals surface area (Å²) in [5.74, 6) is 0.0825. The van der Waals surface area contributed by atoms with Gasteiger partial charge in [-0.25, -0.2) is 0 Å². The van der Waals surface area contributed by atoms with Crippen LogP contribution in [0.1, 0.15) is 15.9 Å². The number of nitrogens with zero attached hydrogens (tertiary/aromatic N) is 3. The lowest BCUT2D eigenvalue weighted by Crippen LogP contribution is -2.34. The van der Waals surface area contributed by atoms with Crippen LogP contribution in [0.2, 0.25) is 0 Å². The number of benzene rings is 2. The standard InChI is InChI=1S/C21H21N3O/c1-22-13-14-24(16-18-7-2-3-10-20(18)22)21(25)17-8-6-9-19(15-17)23-11-4-5-12-23/h2-12,15H,13-14,16H2,1H3. The van der Waals surface area contributed by atoms with Crippen LogP contribution < -0.4 is 4.90 Å². The predicted molar refractivity (Wildman–Crippen MR) is 100 cm³/mol. The summed E-state index contributed by atoms with van der Waals surface area (Å²) in [6, 6.07) is 20.1. The van der Waals surface area contributed by atoms with E-state index in [0.717, 1.165) is 24.3 Å². The highest BCUT2D eigenvalue weighted by atomic mass is 16.2. The molecule has 0 unspecified atom stereocenters. The molecule has 0 saturated carbocycles. The molecule has 0 atom stereocenters. The van der Waals surface area contributed by atoms with Gasteiger partial charge in [0.2, 0.25) is 0 Å². The van der Waals surface area contributed by atoms with Gasteiger partial charge in [0.1, 0.15) is 0 Å². The van der Waals surface area contributed by atoms with E-state index in [4.69, 9.17) is 0 Å². The Hall–Kier alpha value is -3.01.